The predicted octanol–water partition coefficient (Wildman–Crippen LogP) is 3.47. The van der Waals surface area contributed by atoms with Crippen molar-refractivity contribution in [2.24, 2.45) is 0 Å². The largest absolute Gasteiger partial charge is 0.294 e. The Morgan fingerprint density at radius 2 is 1.87 bits per heavy atom. The first kappa shape index (κ1) is 9.14. The van der Waals surface area contributed by atoms with Crippen LogP contribution in [0.2, 0.25) is 0 Å². The van der Waals surface area contributed by atoms with Gasteiger partial charge in [-0.15, -0.1) is 0 Å². The summed E-state index contributed by atoms with van der Waals surface area (Å²) in [6.45, 7) is 0. The number of rotatable bonds is 1. The Morgan fingerprint density at radius 3 is 2.67 bits per heavy atom. The number of aryl methyl sites for hydroxylation is 1. The summed E-state index contributed by atoms with van der Waals surface area (Å²) in [5.41, 5.74) is 3.75. The monoisotopic (exact) mass is 200 g/mol. The van der Waals surface area contributed by atoms with Crippen LogP contribution in [0, 0.1) is 0 Å². The molecule has 78 valence electrons. The van der Waals surface area contributed by atoms with Crippen molar-refractivity contribution in [1.82, 2.24) is 0 Å². The van der Waals surface area contributed by atoms with Crippen molar-refractivity contribution in [2.75, 3.05) is 0 Å². The molecule has 0 bridgehead atoms. The summed E-state index contributed by atoms with van der Waals surface area (Å²) in [5, 5.41) is 0. The fourth-order valence-electron chi connectivity index (χ4n) is 2.99. The van der Waals surface area contributed by atoms with E-state index in [0.717, 1.165) is 24.3 Å². The molecule has 2 aliphatic carbocycles. The Labute approximate surface area is 90.5 Å². The van der Waals surface area contributed by atoms with E-state index in [1.807, 2.05) is 0 Å². The molecule has 0 spiro atoms. The molecule has 1 aromatic carbocycles. The minimum atomic E-state index is 0.336. The number of benzene rings is 1. The van der Waals surface area contributed by atoms with E-state index in [9.17, 15) is 4.79 Å². The van der Waals surface area contributed by atoms with Gasteiger partial charge in [-0.1, -0.05) is 31.0 Å². The first-order chi connectivity index (χ1) is 7.34. The Balaban J connectivity index is 1.95. The lowest BCUT2D eigenvalue weighted by atomic mass is 9.94. The zero-order valence-electron chi connectivity index (χ0n) is 8.96. The third kappa shape index (κ3) is 1.50. The highest BCUT2D eigenvalue weighted by molar-refractivity contribution is 6.00. The van der Waals surface area contributed by atoms with Crippen molar-refractivity contribution in [2.45, 2.75) is 44.4 Å². The first-order valence-corrected chi connectivity index (χ1v) is 6.00. The second-order valence-electron chi connectivity index (χ2n) is 4.82. The van der Waals surface area contributed by atoms with Crippen molar-refractivity contribution in [3.63, 3.8) is 0 Å². The van der Waals surface area contributed by atoms with Crippen LogP contribution in [-0.2, 0) is 6.42 Å². The van der Waals surface area contributed by atoms with Crippen LogP contribution in [0.4, 0.5) is 0 Å². The maximum absolute atomic E-state index is 11.5. The number of carbonyl (C=O) groups is 1. The molecule has 0 saturated heterocycles. The van der Waals surface area contributed by atoms with E-state index in [1.54, 1.807) is 0 Å². The maximum atomic E-state index is 11.5. The van der Waals surface area contributed by atoms with Crippen LogP contribution >= 0.6 is 0 Å². The molecule has 1 nitrogen and oxygen atoms in total. The highest BCUT2D eigenvalue weighted by Gasteiger charge is 2.22. The van der Waals surface area contributed by atoms with Gasteiger partial charge in [-0.3, -0.25) is 4.79 Å². The number of carbonyl (C=O) groups excluding carboxylic acids is 1. The van der Waals surface area contributed by atoms with Crippen LogP contribution in [0.25, 0.3) is 0 Å². The zero-order valence-corrected chi connectivity index (χ0v) is 8.96. The number of hydrogen-bond donors (Lipinski definition) is 0. The van der Waals surface area contributed by atoms with Gasteiger partial charge < -0.3 is 0 Å². The van der Waals surface area contributed by atoms with Gasteiger partial charge in [0.1, 0.15) is 0 Å². The smallest absolute Gasteiger partial charge is 0.163 e. The predicted molar refractivity (Wildman–Crippen MR) is 60.3 cm³/mol. The van der Waals surface area contributed by atoms with E-state index in [-0.39, 0.29) is 0 Å². The molecule has 2 aliphatic rings. The summed E-state index contributed by atoms with van der Waals surface area (Å²) in [4.78, 5) is 11.5. The molecule has 0 unspecified atom stereocenters. The molecular weight excluding hydrogens is 184 g/mol. The first-order valence-electron chi connectivity index (χ1n) is 6.00. The van der Waals surface area contributed by atoms with E-state index < -0.39 is 0 Å². The zero-order chi connectivity index (χ0) is 10.3. The van der Waals surface area contributed by atoms with Gasteiger partial charge in [-0.2, -0.15) is 0 Å². The molecule has 1 aromatic rings. The molecule has 0 N–H and O–H groups in total. The molecule has 1 fully saturated rings. The third-order valence-electron chi connectivity index (χ3n) is 3.88. The highest BCUT2D eigenvalue weighted by atomic mass is 16.1. The van der Waals surface area contributed by atoms with Crippen LogP contribution < -0.4 is 0 Å². The lowest BCUT2D eigenvalue weighted by Gasteiger charge is -2.10. The lowest BCUT2D eigenvalue weighted by Crippen LogP contribution is -1.96. The summed E-state index contributed by atoms with van der Waals surface area (Å²) in [6, 6.07) is 6.52. The second-order valence-corrected chi connectivity index (χ2v) is 4.82. The molecule has 1 heteroatoms. The van der Waals surface area contributed by atoms with Gasteiger partial charge >= 0.3 is 0 Å². The van der Waals surface area contributed by atoms with E-state index in [1.165, 1.54) is 36.8 Å². The maximum Gasteiger partial charge on any atom is 0.163 e. The molecule has 0 radical (unpaired) electrons. The Hall–Kier alpha value is -1.11. The number of Topliss-reactive ketones (excluding diaryl/α,β-unsaturated/α-hetero) is 1. The highest BCUT2D eigenvalue weighted by Crippen LogP contribution is 2.35. The van der Waals surface area contributed by atoms with Gasteiger partial charge in [0.25, 0.3) is 0 Å². The van der Waals surface area contributed by atoms with Gasteiger partial charge in [0.15, 0.2) is 5.78 Å². The van der Waals surface area contributed by atoms with Crippen LogP contribution in [0.1, 0.15) is 59.5 Å². The SMILES string of the molecule is O=C1CCc2cc(C3CCCC3)ccc21. The van der Waals surface area contributed by atoms with Crippen LogP contribution in [0.15, 0.2) is 18.2 Å². The summed E-state index contributed by atoms with van der Waals surface area (Å²) < 4.78 is 0. The lowest BCUT2D eigenvalue weighted by molar-refractivity contribution is 0.0994. The molecular formula is C14H16O. The number of hydrogen-bond acceptors (Lipinski definition) is 1. The summed E-state index contributed by atoms with van der Waals surface area (Å²) in [5.74, 6) is 1.11. The minimum Gasteiger partial charge on any atom is -0.294 e. The Kier molecular flexibility index (Phi) is 2.12. The van der Waals surface area contributed by atoms with E-state index in [0.29, 0.717) is 5.78 Å². The summed E-state index contributed by atoms with van der Waals surface area (Å²) in [6.07, 6.45) is 7.12. The molecule has 3 rings (SSSR count). The van der Waals surface area contributed by atoms with Crippen molar-refractivity contribution >= 4 is 5.78 Å². The average molecular weight is 200 g/mol. The molecule has 0 amide bonds. The Bertz CT molecular complexity index is 400. The van der Waals surface area contributed by atoms with E-state index in [2.05, 4.69) is 18.2 Å². The van der Waals surface area contributed by atoms with Gasteiger partial charge in [0.05, 0.1) is 0 Å². The van der Waals surface area contributed by atoms with Gasteiger partial charge in [0, 0.05) is 12.0 Å². The van der Waals surface area contributed by atoms with Gasteiger partial charge in [-0.05, 0) is 36.3 Å². The van der Waals surface area contributed by atoms with Crippen LogP contribution in [-0.4, -0.2) is 5.78 Å². The second kappa shape index (κ2) is 3.48. The minimum absolute atomic E-state index is 0.336. The van der Waals surface area contributed by atoms with Crippen molar-refractivity contribution in [3.8, 4) is 0 Å². The van der Waals surface area contributed by atoms with Crippen molar-refractivity contribution < 1.29 is 4.79 Å². The molecule has 0 aromatic heterocycles. The van der Waals surface area contributed by atoms with E-state index >= 15 is 0 Å². The summed E-state index contributed by atoms with van der Waals surface area (Å²) >= 11 is 0. The van der Waals surface area contributed by atoms with Gasteiger partial charge in [0.2, 0.25) is 0 Å². The normalized spacial score (nSPS) is 20.9. The fraction of sp³-hybridized carbons (Fsp3) is 0.500. The average Bonchev–Trinajstić information content (AvgIpc) is 2.88. The van der Waals surface area contributed by atoms with Crippen LogP contribution in [0.3, 0.4) is 0 Å². The molecule has 1 saturated carbocycles. The fourth-order valence-corrected chi connectivity index (χ4v) is 2.99. The molecule has 0 aliphatic heterocycles. The van der Waals surface area contributed by atoms with Gasteiger partial charge in [-0.25, -0.2) is 0 Å². The van der Waals surface area contributed by atoms with E-state index in [4.69, 9.17) is 0 Å². The standard InChI is InChI=1S/C14H16O/c15-14-8-6-12-9-11(5-7-13(12)14)10-3-1-2-4-10/h5,7,9-10H,1-4,6,8H2. The Morgan fingerprint density at radius 1 is 1.07 bits per heavy atom. The topological polar surface area (TPSA) is 17.1 Å². The van der Waals surface area contributed by atoms with Crippen molar-refractivity contribution in [3.05, 3.63) is 34.9 Å². The molecule has 0 atom stereocenters. The third-order valence-corrected chi connectivity index (χ3v) is 3.88. The van der Waals surface area contributed by atoms with Crippen LogP contribution in [0.5, 0.6) is 0 Å². The number of fused-ring (bicyclic) bond motifs is 1. The van der Waals surface area contributed by atoms with Crippen molar-refractivity contribution in [1.29, 1.82) is 0 Å². The quantitative estimate of drug-likeness (QED) is 0.678. The summed E-state index contributed by atoms with van der Waals surface area (Å²) in [7, 11) is 0. The molecule has 0 heterocycles. The number of ketones is 1. The molecule has 15 heavy (non-hydrogen) atoms.